The first-order valence-corrected chi connectivity index (χ1v) is 11.4. The number of nitrogens with zero attached hydrogens (tertiary/aromatic N) is 4. The number of carbonyl (C=O) groups excluding carboxylic acids is 1. The van der Waals surface area contributed by atoms with Crippen molar-refractivity contribution in [3.8, 4) is 22.5 Å². The van der Waals surface area contributed by atoms with E-state index in [2.05, 4.69) is 25.6 Å². The molecular weight excluding hydrogens is 476 g/mol. The van der Waals surface area contributed by atoms with Gasteiger partial charge in [-0.15, -0.1) is 0 Å². The summed E-state index contributed by atoms with van der Waals surface area (Å²) in [7, 11) is 0. The fourth-order valence-electron chi connectivity index (χ4n) is 3.71. The Morgan fingerprint density at radius 1 is 0.811 bits per heavy atom. The standard InChI is InChI=1S/C27H21F2N7O/c28-19-6-2-17(3-7-19)24-25(18-4-8-20(29)9-5-18)36-26-22(35-24)13-21(15-33-26)34-27(37)31-12-11-16-1-10-23(30)32-14-16/h1-10,13-15H,11-12H2,(H2,30,32)(H2,31,34,37). The number of hydrogen-bond donors (Lipinski definition) is 3. The van der Waals surface area contributed by atoms with Crippen molar-refractivity contribution in [1.29, 1.82) is 0 Å². The van der Waals surface area contributed by atoms with Gasteiger partial charge in [0.05, 0.1) is 23.3 Å². The maximum atomic E-state index is 13.6. The Bertz CT molecular complexity index is 1560. The quantitative estimate of drug-likeness (QED) is 0.305. The normalized spacial score (nSPS) is 10.9. The molecule has 3 aromatic heterocycles. The summed E-state index contributed by atoms with van der Waals surface area (Å²) in [4.78, 5) is 30.1. The first-order chi connectivity index (χ1) is 17.9. The van der Waals surface area contributed by atoms with E-state index in [1.54, 1.807) is 42.6 Å². The van der Waals surface area contributed by atoms with E-state index in [1.807, 2.05) is 6.07 Å². The largest absolute Gasteiger partial charge is 0.384 e. The number of hydrogen-bond acceptors (Lipinski definition) is 6. The van der Waals surface area contributed by atoms with Crippen LogP contribution in [0.3, 0.4) is 0 Å². The lowest BCUT2D eigenvalue weighted by molar-refractivity contribution is 0.252. The van der Waals surface area contributed by atoms with Gasteiger partial charge in [0, 0.05) is 23.9 Å². The smallest absolute Gasteiger partial charge is 0.319 e. The van der Waals surface area contributed by atoms with E-state index in [1.165, 1.54) is 30.5 Å². The van der Waals surface area contributed by atoms with Crippen LogP contribution in [-0.4, -0.2) is 32.5 Å². The molecule has 0 fully saturated rings. The number of halogens is 2. The summed E-state index contributed by atoms with van der Waals surface area (Å²) in [6.45, 7) is 0.397. The second kappa shape index (κ2) is 10.3. The van der Waals surface area contributed by atoms with Crippen molar-refractivity contribution in [3.05, 3.63) is 96.3 Å². The molecule has 0 atom stereocenters. The van der Waals surface area contributed by atoms with Crippen LogP contribution in [0.1, 0.15) is 5.56 Å². The third-order valence-corrected chi connectivity index (χ3v) is 5.56. The summed E-state index contributed by atoms with van der Waals surface area (Å²) in [6, 6.07) is 16.5. The van der Waals surface area contributed by atoms with Gasteiger partial charge in [0.2, 0.25) is 0 Å². The first kappa shape index (κ1) is 23.7. The molecule has 0 saturated carbocycles. The summed E-state index contributed by atoms with van der Waals surface area (Å²) in [5.41, 5.74) is 9.93. The van der Waals surface area contributed by atoms with Gasteiger partial charge in [-0.2, -0.15) is 0 Å². The highest BCUT2D eigenvalue weighted by Gasteiger charge is 2.15. The number of nitrogens with two attached hydrogens (primary N) is 1. The molecule has 5 rings (SSSR count). The van der Waals surface area contributed by atoms with Gasteiger partial charge in [0.25, 0.3) is 0 Å². The minimum absolute atomic E-state index is 0.340. The minimum Gasteiger partial charge on any atom is -0.384 e. The monoisotopic (exact) mass is 497 g/mol. The van der Waals surface area contributed by atoms with Gasteiger partial charge in [-0.25, -0.2) is 33.5 Å². The second-order valence-electron chi connectivity index (χ2n) is 8.22. The van der Waals surface area contributed by atoms with Crippen LogP contribution in [0.5, 0.6) is 0 Å². The van der Waals surface area contributed by atoms with Gasteiger partial charge in [0.1, 0.15) is 23.0 Å². The molecule has 0 aliphatic rings. The fraction of sp³-hybridized carbons (Fsp3) is 0.0741. The van der Waals surface area contributed by atoms with Crippen LogP contribution in [-0.2, 0) is 6.42 Å². The van der Waals surface area contributed by atoms with E-state index in [-0.39, 0.29) is 11.6 Å². The third kappa shape index (κ3) is 5.64. The zero-order valence-corrected chi connectivity index (χ0v) is 19.5. The Labute approximate surface area is 210 Å². The minimum atomic E-state index is -0.404. The van der Waals surface area contributed by atoms with E-state index < -0.39 is 6.03 Å². The van der Waals surface area contributed by atoms with Crippen LogP contribution in [0.15, 0.2) is 79.1 Å². The number of fused-ring (bicyclic) bond motifs is 1. The number of carbonyl (C=O) groups is 1. The highest BCUT2D eigenvalue weighted by Crippen LogP contribution is 2.31. The molecule has 0 unspecified atom stereocenters. The summed E-state index contributed by atoms with van der Waals surface area (Å²) in [6.07, 6.45) is 3.74. The zero-order valence-electron chi connectivity index (χ0n) is 19.5. The van der Waals surface area contributed by atoms with Crippen LogP contribution in [0, 0.1) is 11.6 Å². The molecule has 5 aromatic rings. The predicted molar refractivity (Wildman–Crippen MR) is 137 cm³/mol. The van der Waals surface area contributed by atoms with Crippen LogP contribution in [0.2, 0.25) is 0 Å². The van der Waals surface area contributed by atoms with Crippen molar-refractivity contribution >= 4 is 28.7 Å². The van der Waals surface area contributed by atoms with Crippen molar-refractivity contribution in [3.63, 3.8) is 0 Å². The molecule has 37 heavy (non-hydrogen) atoms. The highest BCUT2D eigenvalue weighted by atomic mass is 19.1. The van der Waals surface area contributed by atoms with Gasteiger partial charge < -0.3 is 16.4 Å². The number of pyridine rings is 2. The van der Waals surface area contributed by atoms with Crippen molar-refractivity contribution < 1.29 is 13.6 Å². The molecule has 184 valence electrons. The van der Waals surface area contributed by atoms with E-state index in [0.29, 0.717) is 58.1 Å². The second-order valence-corrected chi connectivity index (χ2v) is 8.22. The van der Waals surface area contributed by atoms with E-state index in [0.717, 1.165) is 5.56 Å². The molecule has 2 amide bonds. The average molecular weight is 498 g/mol. The Balaban J connectivity index is 1.39. The molecule has 0 aliphatic carbocycles. The summed E-state index contributed by atoms with van der Waals surface area (Å²) >= 11 is 0. The first-order valence-electron chi connectivity index (χ1n) is 11.4. The predicted octanol–water partition coefficient (Wildman–Crippen LogP) is 4.98. The van der Waals surface area contributed by atoms with Gasteiger partial charge in [-0.1, -0.05) is 6.07 Å². The summed E-state index contributed by atoms with van der Waals surface area (Å²) in [5, 5.41) is 5.52. The Kier molecular flexibility index (Phi) is 6.62. The molecular formula is C27H21F2N7O. The Morgan fingerprint density at radius 3 is 2.08 bits per heavy atom. The van der Waals surface area contributed by atoms with Crippen LogP contribution in [0.25, 0.3) is 33.7 Å². The topological polar surface area (TPSA) is 119 Å². The van der Waals surface area contributed by atoms with E-state index in [9.17, 15) is 13.6 Å². The fourth-order valence-corrected chi connectivity index (χ4v) is 3.71. The Morgan fingerprint density at radius 2 is 1.46 bits per heavy atom. The number of rotatable bonds is 6. The van der Waals surface area contributed by atoms with Gasteiger partial charge in [-0.3, -0.25) is 0 Å². The molecule has 0 aliphatic heterocycles. The van der Waals surface area contributed by atoms with Gasteiger partial charge in [-0.05, 0) is 72.6 Å². The van der Waals surface area contributed by atoms with Gasteiger partial charge >= 0.3 is 6.03 Å². The zero-order chi connectivity index (χ0) is 25.8. The van der Waals surface area contributed by atoms with Crippen molar-refractivity contribution in [2.75, 3.05) is 17.6 Å². The molecule has 0 saturated heterocycles. The average Bonchev–Trinajstić information content (AvgIpc) is 2.90. The number of nitrogens with one attached hydrogen (secondary N) is 2. The molecule has 8 nitrogen and oxygen atoms in total. The maximum Gasteiger partial charge on any atom is 0.319 e. The lowest BCUT2D eigenvalue weighted by atomic mass is 10.0. The van der Waals surface area contributed by atoms with Crippen LogP contribution < -0.4 is 16.4 Å². The number of benzene rings is 2. The summed E-state index contributed by atoms with van der Waals surface area (Å²) < 4.78 is 27.1. The van der Waals surface area contributed by atoms with Crippen molar-refractivity contribution in [1.82, 2.24) is 25.3 Å². The number of anilines is 2. The molecule has 4 N–H and O–H groups in total. The molecule has 3 heterocycles. The van der Waals surface area contributed by atoms with Gasteiger partial charge in [0.15, 0.2) is 5.65 Å². The SMILES string of the molecule is Nc1ccc(CCNC(=O)Nc2cnc3nc(-c4ccc(F)cc4)c(-c4ccc(F)cc4)nc3c2)cn1. The van der Waals surface area contributed by atoms with E-state index in [4.69, 9.17) is 10.7 Å². The molecule has 0 spiro atoms. The van der Waals surface area contributed by atoms with Crippen LogP contribution >= 0.6 is 0 Å². The Hall–Kier alpha value is -4.99. The number of aromatic nitrogens is 4. The van der Waals surface area contributed by atoms with Crippen molar-refractivity contribution in [2.24, 2.45) is 0 Å². The molecule has 10 heteroatoms. The number of nitrogen functional groups attached to an aromatic ring is 1. The number of urea groups is 1. The molecule has 2 aromatic carbocycles. The lowest BCUT2D eigenvalue weighted by Gasteiger charge is -2.12. The highest BCUT2D eigenvalue weighted by molar-refractivity contribution is 5.92. The maximum absolute atomic E-state index is 13.6. The molecule has 0 radical (unpaired) electrons. The lowest BCUT2D eigenvalue weighted by Crippen LogP contribution is -2.30. The summed E-state index contributed by atoms with van der Waals surface area (Å²) in [5.74, 6) is -0.320. The van der Waals surface area contributed by atoms with E-state index >= 15 is 0 Å². The third-order valence-electron chi connectivity index (χ3n) is 5.56. The van der Waals surface area contributed by atoms with Crippen molar-refractivity contribution in [2.45, 2.75) is 6.42 Å². The van der Waals surface area contributed by atoms with Crippen LogP contribution in [0.4, 0.5) is 25.1 Å². The molecule has 0 bridgehead atoms. The number of amides is 2.